The van der Waals surface area contributed by atoms with E-state index < -0.39 is 28.2 Å². The first-order chi connectivity index (χ1) is 19.5. The van der Waals surface area contributed by atoms with Gasteiger partial charge < -0.3 is 18.9 Å². The summed E-state index contributed by atoms with van der Waals surface area (Å²) in [6.45, 7) is 15.4. The molecule has 3 aliphatic carbocycles. The lowest BCUT2D eigenvalue weighted by Gasteiger charge is -2.42. The molecule has 12 atom stereocenters. The van der Waals surface area contributed by atoms with Gasteiger partial charge in [0.1, 0.15) is 5.41 Å². The molecule has 7 nitrogen and oxygen atoms in total. The quantitative estimate of drug-likeness (QED) is 0.239. The number of nitrogens with zero attached hydrogens (tertiary/aromatic N) is 1. The predicted octanol–water partition coefficient (Wildman–Crippen LogP) is 6.31. The third kappa shape index (κ3) is 4.84. The van der Waals surface area contributed by atoms with Gasteiger partial charge in [-0.3, -0.25) is 14.5 Å². The average Bonchev–Trinajstić information content (AvgIpc) is 3.23. The molecule has 0 aromatic carbocycles. The van der Waals surface area contributed by atoms with Gasteiger partial charge in [0.2, 0.25) is 12.6 Å². The Morgan fingerprint density at radius 1 is 0.780 bits per heavy atom. The molecule has 1 spiro atoms. The van der Waals surface area contributed by atoms with Crippen LogP contribution >= 0.6 is 15.9 Å². The number of fused-ring (bicyclic) bond motifs is 3. The zero-order valence-corrected chi connectivity index (χ0v) is 27.6. The van der Waals surface area contributed by atoms with Crippen LogP contribution in [0.1, 0.15) is 99.3 Å². The maximum absolute atomic E-state index is 14.1. The standard InChI is InChI=1S/C33H52BrNO6/c1-18(2)22-12-10-20(5)16-24(22)38-28-26-32(33(26,34)31(37)40-28)27(35-14-8-7-9-15-35)29(41-30(32)36)39-25-17-21(6)11-13-23(25)19(3)4/h18-29H,7-17H2,1-6H3/t20-,21-,22+,23+,24-,25-,26-,27+,28-,29-,32-,33-/m1/s1. The summed E-state index contributed by atoms with van der Waals surface area (Å²) in [6, 6.07) is -0.338. The van der Waals surface area contributed by atoms with Crippen molar-refractivity contribution < 1.29 is 28.5 Å². The van der Waals surface area contributed by atoms with Crippen LogP contribution < -0.4 is 0 Å². The Morgan fingerprint density at radius 3 is 1.83 bits per heavy atom. The number of hydrogen-bond donors (Lipinski definition) is 0. The molecule has 0 N–H and O–H groups in total. The van der Waals surface area contributed by atoms with Crippen LogP contribution in [0.3, 0.4) is 0 Å². The Kier molecular flexibility index (Phi) is 8.39. The monoisotopic (exact) mass is 637 g/mol. The third-order valence-corrected chi connectivity index (χ3v) is 13.3. The average molecular weight is 639 g/mol. The van der Waals surface area contributed by atoms with Gasteiger partial charge >= 0.3 is 11.9 Å². The zero-order chi connectivity index (χ0) is 29.3. The number of esters is 2. The van der Waals surface area contributed by atoms with Crippen LogP contribution in [0.4, 0.5) is 0 Å². The van der Waals surface area contributed by atoms with Crippen molar-refractivity contribution in [3.8, 4) is 0 Å². The van der Waals surface area contributed by atoms with E-state index in [4.69, 9.17) is 18.9 Å². The number of halogens is 1. The van der Waals surface area contributed by atoms with E-state index in [9.17, 15) is 9.59 Å². The maximum atomic E-state index is 14.1. The highest BCUT2D eigenvalue weighted by Gasteiger charge is 2.96. The van der Waals surface area contributed by atoms with Gasteiger partial charge in [-0.15, -0.1) is 0 Å². The number of piperidine rings is 1. The highest BCUT2D eigenvalue weighted by molar-refractivity contribution is 9.10. The lowest BCUT2D eigenvalue weighted by atomic mass is 9.75. The van der Waals surface area contributed by atoms with E-state index >= 15 is 0 Å². The number of ether oxygens (including phenoxy) is 4. The molecule has 6 fully saturated rings. The molecule has 0 amide bonds. The first kappa shape index (κ1) is 30.3. The fourth-order valence-electron chi connectivity index (χ4n) is 9.48. The molecule has 232 valence electrons. The summed E-state index contributed by atoms with van der Waals surface area (Å²) in [5, 5.41) is 0. The molecular weight excluding hydrogens is 586 g/mol. The Hall–Kier alpha value is -0.700. The van der Waals surface area contributed by atoms with E-state index in [0.29, 0.717) is 35.5 Å². The minimum Gasteiger partial charge on any atom is -0.434 e. The van der Waals surface area contributed by atoms with Crippen LogP contribution in [0.15, 0.2) is 0 Å². The smallest absolute Gasteiger partial charge is 0.327 e. The molecule has 0 bridgehead atoms. The molecule has 0 radical (unpaired) electrons. The Bertz CT molecular complexity index is 1000. The van der Waals surface area contributed by atoms with Crippen LogP contribution in [0, 0.1) is 46.8 Å². The Balaban J connectivity index is 1.31. The molecule has 3 heterocycles. The highest BCUT2D eigenvalue weighted by Crippen LogP contribution is 2.78. The van der Waals surface area contributed by atoms with E-state index in [0.717, 1.165) is 51.6 Å². The molecule has 6 aliphatic rings. The van der Waals surface area contributed by atoms with Crippen LogP contribution in [0.25, 0.3) is 0 Å². The van der Waals surface area contributed by atoms with Gasteiger partial charge in [-0.2, -0.15) is 0 Å². The fourth-order valence-corrected chi connectivity index (χ4v) is 10.7. The summed E-state index contributed by atoms with van der Waals surface area (Å²) in [4.78, 5) is 30.2. The highest BCUT2D eigenvalue weighted by atomic mass is 79.9. The van der Waals surface area contributed by atoms with Gasteiger partial charge in [0.05, 0.1) is 24.2 Å². The molecule has 0 aromatic rings. The Morgan fingerprint density at radius 2 is 1.29 bits per heavy atom. The van der Waals surface area contributed by atoms with Crippen LogP contribution in [0.5, 0.6) is 0 Å². The van der Waals surface area contributed by atoms with E-state index in [2.05, 4.69) is 62.4 Å². The van der Waals surface area contributed by atoms with E-state index in [1.54, 1.807) is 0 Å². The first-order valence-corrected chi connectivity index (χ1v) is 17.4. The minimum atomic E-state index is -1.13. The second-order valence-electron chi connectivity index (χ2n) is 15.1. The molecule has 8 heteroatoms. The summed E-state index contributed by atoms with van der Waals surface area (Å²) < 4.78 is 24.7. The minimum absolute atomic E-state index is 0.0116. The second kappa shape index (κ2) is 11.3. The lowest BCUT2D eigenvalue weighted by Crippen LogP contribution is -2.54. The van der Waals surface area contributed by atoms with Crippen LogP contribution in [-0.4, -0.2) is 65.1 Å². The van der Waals surface area contributed by atoms with Gasteiger partial charge in [0.15, 0.2) is 4.32 Å². The SMILES string of the molecule is CC(C)[C@@H]1CC[C@@H](C)C[C@H]1O[C@@H]1OC(=O)[C@]2([C@H]1N1CCCCC1)[C@H]1[C@H](O[C@@H]3C[C@H](C)CC[C@H]3C(C)C)OC(=O)[C@]12Br. The van der Waals surface area contributed by atoms with Crippen molar-refractivity contribution in [1.29, 1.82) is 0 Å². The predicted molar refractivity (Wildman–Crippen MR) is 159 cm³/mol. The number of likely N-dealkylation sites (tertiary alicyclic amines) is 1. The molecule has 3 saturated carbocycles. The largest absolute Gasteiger partial charge is 0.434 e. The number of hydrogen-bond acceptors (Lipinski definition) is 7. The van der Waals surface area contributed by atoms with Gasteiger partial charge in [-0.25, -0.2) is 0 Å². The third-order valence-electron chi connectivity index (χ3n) is 11.8. The van der Waals surface area contributed by atoms with Gasteiger partial charge in [0, 0.05) is 0 Å². The number of cyclic esters (lactones) is 2. The normalized spacial score (nSPS) is 48.5. The summed E-state index contributed by atoms with van der Waals surface area (Å²) in [6.07, 6.45) is 8.51. The Labute approximate surface area is 255 Å². The number of alkyl halides is 1. The van der Waals surface area contributed by atoms with Crippen molar-refractivity contribution >= 4 is 27.9 Å². The maximum Gasteiger partial charge on any atom is 0.327 e. The molecular formula is C33H52BrNO6. The van der Waals surface area contributed by atoms with E-state index in [-0.39, 0.29) is 30.2 Å². The molecule has 41 heavy (non-hydrogen) atoms. The number of rotatable bonds is 7. The van der Waals surface area contributed by atoms with E-state index in [1.165, 1.54) is 19.3 Å². The number of carbonyl (C=O) groups excluding carboxylic acids is 2. The molecule has 0 aromatic heterocycles. The van der Waals surface area contributed by atoms with Crippen molar-refractivity contribution in [3.05, 3.63) is 0 Å². The molecule has 6 rings (SSSR count). The van der Waals surface area contributed by atoms with Crippen molar-refractivity contribution in [2.75, 3.05) is 13.1 Å². The zero-order valence-electron chi connectivity index (χ0n) is 26.0. The first-order valence-electron chi connectivity index (χ1n) is 16.7. The van der Waals surface area contributed by atoms with Gasteiger partial charge in [0.25, 0.3) is 0 Å². The summed E-state index contributed by atoms with van der Waals surface area (Å²) in [7, 11) is 0. The molecule has 3 saturated heterocycles. The van der Waals surface area contributed by atoms with Crippen LogP contribution in [0.2, 0.25) is 0 Å². The fraction of sp³-hybridized carbons (Fsp3) is 0.939. The molecule has 3 aliphatic heterocycles. The second-order valence-corrected chi connectivity index (χ2v) is 16.4. The topological polar surface area (TPSA) is 74.3 Å². The van der Waals surface area contributed by atoms with Gasteiger partial charge in [-0.05, 0) is 87.1 Å². The number of carbonyl (C=O) groups is 2. The van der Waals surface area contributed by atoms with Crippen molar-refractivity contribution in [2.24, 2.45) is 46.8 Å². The van der Waals surface area contributed by atoms with Crippen molar-refractivity contribution in [1.82, 2.24) is 4.90 Å². The van der Waals surface area contributed by atoms with Crippen LogP contribution in [-0.2, 0) is 28.5 Å². The van der Waals surface area contributed by atoms with E-state index in [1.807, 2.05) is 0 Å². The molecule has 0 unspecified atom stereocenters. The van der Waals surface area contributed by atoms with Crippen molar-refractivity contribution in [2.45, 2.75) is 134 Å². The van der Waals surface area contributed by atoms with Crippen molar-refractivity contribution in [3.63, 3.8) is 0 Å². The van der Waals surface area contributed by atoms with Gasteiger partial charge in [-0.1, -0.05) is 76.7 Å². The summed E-state index contributed by atoms with van der Waals surface area (Å²) in [5.74, 6) is 1.83. The lowest BCUT2D eigenvalue weighted by molar-refractivity contribution is -0.205. The summed E-state index contributed by atoms with van der Waals surface area (Å²) in [5.41, 5.74) is -1.06. The summed E-state index contributed by atoms with van der Waals surface area (Å²) >= 11 is 3.83.